The zero-order valence-electron chi connectivity index (χ0n) is 13.0. The van der Waals surface area contributed by atoms with Gasteiger partial charge < -0.3 is 10.4 Å². The van der Waals surface area contributed by atoms with Crippen molar-refractivity contribution in [1.82, 2.24) is 14.7 Å². The summed E-state index contributed by atoms with van der Waals surface area (Å²) >= 11 is 3.26. The van der Waals surface area contributed by atoms with Gasteiger partial charge >= 0.3 is 0 Å². The summed E-state index contributed by atoms with van der Waals surface area (Å²) < 4.78 is 5.35. The van der Waals surface area contributed by atoms with Crippen LogP contribution in [0.2, 0.25) is 0 Å². The fourth-order valence-electron chi connectivity index (χ4n) is 2.21. The number of nitrogens with zero attached hydrogens (tertiary/aromatic N) is 2. The summed E-state index contributed by atoms with van der Waals surface area (Å²) in [6.45, 7) is 8.66. The maximum atomic E-state index is 9.69. The molecule has 0 aromatic carbocycles. The van der Waals surface area contributed by atoms with Gasteiger partial charge in [-0.25, -0.2) is 4.98 Å². The van der Waals surface area contributed by atoms with Gasteiger partial charge in [0.05, 0.1) is 6.61 Å². The Morgan fingerprint density at radius 1 is 1.40 bits per heavy atom. The van der Waals surface area contributed by atoms with Gasteiger partial charge in [-0.05, 0) is 30.8 Å². The van der Waals surface area contributed by atoms with Gasteiger partial charge in [-0.2, -0.15) is 4.37 Å². The van der Waals surface area contributed by atoms with E-state index in [0.29, 0.717) is 6.04 Å². The summed E-state index contributed by atoms with van der Waals surface area (Å²) in [6.07, 6.45) is 3.91. The van der Waals surface area contributed by atoms with Crippen molar-refractivity contribution < 1.29 is 5.11 Å². The zero-order valence-corrected chi connectivity index (χ0v) is 14.6. The number of nitrogens with one attached hydrogen (secondary N) is 1. The van der Waals surface area contributed by atoms with Crippen molar-refractivity contribution >= 4 is 23.3 Å². The number of aliphatic hydroxyl groups is 1. The van der Waals surface area contributed by atoms with Gasteiger partial charge in [-0.15, -0.1) is 0 Å². The molecule has 0 aliphatic rings. The Labute approximate surface area is 130 Å². The van der Waals surface area contributed by atoms with E-state index in [9.17, 15) is 5.11 Å². The molecule has 1 unspecified atom stereocenters. The molecule has 20 heavy (non-hydrogen) atoms. The molecule has 0 aliphatic heterocycles. The minimum atomic E-state index is -0.134. The van der Waals surface area contributed by atoms with Gasteiger partial charge in [0.25, 0.3) is 0 Å². The minimum absolute atomic E-state index is 0.134. The van der Waals surface area contributed by atoms with Gasteiger partial charge in [0.2, 0.25) is 0 Å². The van der Waals surface area contributed by atoms with E-state index in [0.717, 1.165) is 41.6 Å². The largest absolute Gasteiger partial charge is 0.394 e. The number of hydrogen-bond acceptors (Lipinski definition) is 6. The molecular formula is C14H27N3OS2. The standard InChI is InChI=1S/C14H27N3OS2/c1-5-12-15-13(20-17-12)19-9-7-8-14(6-2,10-18)16-11(3)4/h11,16,18H,5-10H2,1-4H3. The second-order valence-electron chi connectivity index (χ2n) is 5.37. The van der Waals surface area contributed by atoms with Crippen LogP contribution >= 0.6 is 23.3 Å². The lowest BCUT2D eigenvalue weighted by Gasteiger charge is -2.34. The van der Waals surface area contributed by atoms with Gasteiger partial charge in [0.15, 0.2) is 4.34 Å². The van der Waals surface area contributed by atoms with Crippen LogP contribution in [-0.4, -0.2) is 38.4 Å². The lowest BCUT2D eigenvalue weighted by atomic mass is 9.91. The van der Waals surface area contributed by atoms with Crippen molar-refractivity contribution in [1.29, 1.82) is 0 Å². The van der Waals surface area contributed by atoms with Crippen molar-refractivity contribution in [2.24, 2.45) is 0 Å². The molecule has 0 amide bonds. The van der Waals surface area contributed by atoms with Crippen molar-refractivity contribution in [2.75, 3.05) is 12.4 Å². The van der Waals surface area contributed by atoms with Crippen molar-refractivity contribution in [3.63, 3.8) is 0 Å². The summed E-state index contributed by atoms with van der Waals surface area (Å²) in [7, 11) is 0. The van der Waals surface area contributed by atoms with Crippen molar-refractivity contribution in [3.8, 4) is 0 Å². The van der Waals surface area contributed by atoms with Crippen LogP contribution in [0.15, 0.2) is 4.34 Å². The first-order valence-electron chi connectivity index (χ1n) is 7.39. The lowest BCUT2D eigenvalue weighted by molar-refractivity contribution is 0.137. The van der Waals surface area contributed by atoms with E-state index in [2.05, 4.69) is 42.4 Å². The smallest absolute Gasteiger partial charge is 0.170 e. The zero-order chi connectivity index (χ0) is 15.0. The molecule has 1 aromatic rings. The average molecular weight is 318 g/mol. The first-order valence-corrected chi connectivity index (χ1v) is 9.15. The quantitative estimate of drug-likeness (QED) is 0.513. The van der Waals surface area contributed by atoms with Crippen LogP contribution in [0.5, 0.6) is 0 Å². The molecule has 0 bridgehead atoms. The molecule has 2 N–H and O–H groups in total. The third-order valence-corrected chi connectivity index (χ3v) is 5.32. The number of aromatic nitrogens is 2. The Morgan fingerprint density at radius 3 is 2.65 bits per heavy atom. The number of rotatable bonds is 10. The highest BCUT2D eigenvalue weighted by molar-refractivity contribution is 8.00. The van der Waals surface area contributed by atoms with E-state index in [-0.39, 0.29) is 12.1 Å². The number of aliphatic hydroxyl groups excluding tert-OH is 1. The number of thioether (sulfide) groups is 1. The molecule has 116 valence electrons. The summed E-state index contributed by atoms with van der Waals surface area (Å²) in [4.78, 5) is 4.46. The first kappa shape index (κ1) is 17.9. The van der Waals surface area contributed by atoms with Crippen LogP contribution in [0.3, 0.4) is 0 Å². The fraction of sp³-hybridized carbons (Fsp3) is 0.857. The highest BCUT2D eigenvalue weighted by Crippen LogP contribution is 2.24. The summed E-state index contributed by atoms with van der Waals surface area (Å²) in [5.41, 5.74) is -0.134. The van der Waals surface area contributed by atoms with E-state index in [1.165, 1.54) is 11.5 Å². The summed E-state index contributed by atoms with van der Waals surface area (Å²) in [5.74, 6) is 1.97. The molecule has 1 heterocycles. The van der Waals surface area contributed by atoms with E-state index in [1.54, 1.807) is 11.8 Å². The van der Waals surface area contributed by atoms with Crippen LogP contribution in [-0.2, 0) is 6.42 Å². The number of aryl methyl sites for hydroxylation is 1. The lowest BCUT2D eigenvalue weighted by Crippen LogP contribution is -2.51. The van der Waals surface area contributed by atoms with Crippen LogP contribution in [0.4, 0.5) is 0 Å². The van der Waals surface area contributed by atoms with E-state index in [1.807, 2.05) is 0 Å². The third-order valence-electron chi connectivity index (χ3n) is 3.37. The average Bonchev–Trinajstić information content (AvgIpc) is 2.90. The van der Waals surface area contributed by atoms with E-state index >= 15 is 0 Å². The Morgan fingerprint density at radius 2 is 2.15 bits per heavy atom. The van der Waals surface area contributed by atoms with Crippen LogP contribution in [0.25, 0.3) is 0 Å². The van der Waals surface area contributed by atoms with Crippen molar-refractivity contribution in [2.45, 2.75) is 69.3 Å². The number of hydrogen-bond donors (Lipinski definition) is 2. The molecular weight excluding hydrogens is 290 g/mol. The summed E-state index contributed by atoms with van der Waals surface area (Å²) in [6, 6.07) is 0.394. The molecule has 0 fully saturated rings. The van der Waals surface area contributed by atoms with Crippen LogP contribution in [0.1, 0.15) is 52.8 Å². The summed E-state index contributed by atoms with van der Waals surface area (Å²) in [5, 5.41) is 13.2. The molecule has 1 aromatic heterocycles. The molecule has 0 spiro atoms. The third kappa shape index (κ3) is 5.68. The highest BCUT2D eigenvalue weighted by Gasteiger charge is 2.27. The van der Waals surface area contributed by atoms with Gasteiger partial charge in [-0.3, -0.25) is 0 Å². The van der Waals surface area contributed by atoms with Gasteiger partial charge in [0.1, 0.15) is 5.82 Å². The van der Waals surface area contributed by atoms with Crippen LogP contribution in [0, 0.1) is 0 Å². The monoisotopic (exact) mass is 317 g/mol. The predicted octanol–water partition coefficient (Wildman–Crippen LogP) is 3.11. The second kappa shape index (κ2) is 8.97. The predicted molar refractivity (Wildman–Crippen MR) is 87.6 cm³/mol. The Balaban J connectivity index is 2.36. The molecule has 0 radical (unpaired) electrons. The maximum absolute atomic E-state index is 9.69. The molecule has 1 atom stereocenters. The molecule has 4 nitrogen and oxygen atoms in total. The van der Waals surface area contributed by atoms with E-state index < -0.39 is 0 Å². The minimum Gasteiger partial charge on any atom is -0.394 e. The molecule has 0 saturated carbocycles. The first-order chi connectivity index (χ1) is 9.55. The Bertz CT molecular complexity index is 378. The maximum Gasteiger partial charge on any atom is 0.170 e. The molecule has 6 heteroatoms. The normalized spacial score (nSPS) is 14.7. The molecule has 1 rings (SSSR count). The fourth-order valence-corrected chi connectivity index (χ4v) is 3.92. The second-order valence-corrected chi connectivity index (χ2v) is 7.47. The van der Waals surface area contributed by atoms with Crippen LogP contribution < -0.4 is 5.32 Å². The van der Waals surface area contributed by atoms with Gasteiger partial charge in [0, 0.05) is 23.8 Å². The highest BCUT2D eigenvalue weighted by atomic mass is 32.2. The van der Waals surface area contributed by atoms with Gasteiger partial charge in [-0.1, -0.05) is 39.5 Å². The van der Waals surface area contributed by atoms with Crippen molar-refractivity contribution in [3.05, 3.63) is 5.82 Å². The SMILES string of the molecule is CCc1nsc(SCCCC(CC)(CO)NC(C)C)n1. The van der Waals surface area contributed by atoms with E-state index in [4.69, 9.17) is 0 Å². The Hall–Kier alpha value is -0.170. The Kier molecular flexibility index (Phi) is 8.02. The topological polar surface area (TPSA) is 58.0 Å². The molecule has 0 saturated heterocycles. The molecule has 0 aliphatic carbocycles.